The minimum atomic E-state index is -0.226. The maximum Gasteiger partial charge on any atom is 0.266 e. The predicted octanol–water partition coefficient (Wildman–Crippen LogP) is 4.81. The van der Waals surface area contributed by atoms with Gasteiger partial charge in [-0.1, -0.05) is 47.7 Å². The molecule has 0 unspecified atom stereocenters. The van der Waals surface area contributed by atoms with Crippen LogP contribution in [0.4, 0.5) is 5.69 Å². The van der Waals surface area contributed by atoms with Crippen molar-refractivity contribution in [1.82, 2.24) is 4.90 Å². The van der Waals surface area contributed by atoms with Gasteiger partial charge in [0.05, 0.1) is 4.91 Å². The maximum absolute atomic E-state index is 12.3. The van der Waals surface area contributed by atoms with Crippen LogP contribution < -0.4 is 5.32 Å². The van der Waals surface area contributed by atoms with Crippen molar-refractivity contribution >= 4 is 63.5 Å². The first-order valence-electron chi connectivity index (χ1n) is 7.90. The number of hydrogen-bond donors (Lipinski definition) is 1. The molecule has 1 fully saturated rings. The summed E-state index contributed by atoms with van der Waals surface area (Å²) in [5.41, 5.74) is 1.98. The topological polar surface area (TPSA) is 49.4 Å². The average Bonchev–Trinajstić information content (AvgIpc) is 2.88. The molecule has 1 aliphatic heterocycles. The van der Waals surface area contributed by atoms with Crippen LogP contribution in [0.3, 0.4) is 0 Å². The summed E-state index contributed by atoms with van der Waals surface area (Å²) in [6.45, 7) is 2.44. The molecular weight excluding hydrogens is 388 g/mol. The van der Waals surface area contributed by atoms with Gasteiger partial charge in [-0.3, -0.25) is 14.5 Å². The molecule has 0 bridgehead atoms. The zero-order valence-electron chi connectivity index (χ0n) is 13.9. The van der Waals surface area contributed by atoms with Crippen molar-refractivity contribution in [1.29, 1.82) is 0 Å². The molecule has 2 amide bonds. The number of amides is 2. The normalized spacial score (nSPS) is 15.6. The number of benzene rings is 2. The Balaban J connectivity index is 1.77. The van der Waals surface area contributed by atoms with E-state index in [1.54, 1.807) is 41.3 Å². The second-order valence-electron chi connectivity index (χ2n) is 5.51. The van der Waals surface area contributed by atoms with Gasteiger partial charge in [0.25, 0.3) is 11.8 Å². The van der Waals surface area contributed by atoms with Crippen LogP contribution in [0.2, 0.25) is 5.02 Å². The molecule has 0 aliphatic carbocycles. The number of likely N-dealkylation sites (N-methyl/N-ethyl adjacent to an activating group) is 1. The first-order chi connectivity index (χ1) is 12.5. The Hall–Kier alpha value is -2.15. The van der Waals surface area contributed by atoms with Crippen LogP contribution in [0.1, 0.15) is 22.8 Å². The number of nitrogens with one attached hydrogen (secondary N) is 1. The minimum Gasteiger partial charge on any atom is -0.322 e. The molecule has 2 aromatic rings. The second kappa shape index (κ2) is 8.03. The van der Waals surface area contributed by atoms with E-state index in [1.807, 2.05) is 25.1 Å². The Morgan fingerprint density at radius 3 is 2.65 bits per heavy atom. The van der Waals surface area contributed by atoms with E-state index in [0.29, 0.717) is 32.0 Å². The zero-order valence-corrected chi connectivity index (χ0v) is 16.3. The molecule has 1 N–H and O–H groups in total. The molecule has 0 radical (unpaired) electrons. The first kappa shape index (κ1) is 18.6. The standard InChI is InChI=1S/C19H15ClN2O2S2/c1-2-22-18(24)16(26-19(22)25)11-12-4-3-5-15(10-12)21-17(23)13-6-8-14(20)9-7-13/h3-11H,2H2,1H3,(H,21,23)/b16-11+. The maximum atomic E-state index is 12.3. The van der Waals surface area contributed by atoms with Gasteiger partial charge in [0, 0.05) is 22.8 Å². The molecule has 0 aromatic heterocycles. The number of anilines is 1. The third-order valence-electron chi connectivity index (χ3n) is 3.74. The van der Waals surface area contributed by atoms with Crippen molar-refractivity contribution in [3.8, 4) is 0 Å². The molecule has 0 spiro atoms. The van der Waals surface area contributed by atoms with Crippen LogP contribution in [0.15, 0.2) is 53.4 Å². The second-order valence-corrected chi connectivity index (χ2v) is 7.62. The van der Waals surface area contributed by atoms with Crippen LogP contribution in [0.5, 0.6) is 0 Å². The van der Waals surface area contributed by atoms with E-state index in [2.05, 4.69) is 5.32 Å². The highest BCUT2D eigenvalue weighted by Crippen LogP contribution is 2.32. The van der Waals surface area contributed by atoms with Crippen molar-refractivity contribution < 1.29 is 9.59 Å². The van der Waals surface area contributed by atoms with E-state index in [4.69, 9.17) is 23.8 Å². The minimum absolute atomic E-state index is 0.0851. The van der Waals surface area contributed by atoms with Gasteiger partial charge in [0.2, 0.25) is 0 Å². The number of nitrogens with zero attached hydrogens (tertiary/aromatic N) is 1. The lowest BCUT2D eigenvalue weighted by Crippen LogP contribution is -2.27. The summed E-state index contributed by atoms with van der Waals surface area (Å²) in [6, 6.07) is 14.0. The number of halogens is 1. The Morgan fingerprint density at radius 1 is 1.27 bits per heavy atom. The third kappa shape index (κ3) is 4.15. The molecule has 3 rings (SSSR count). The summed E-state index contributed by atoms with van der Waals surface area (Å²) in [7, 11) is 0. The van der Waals surface area contributed by atoms with Gasteiger partial charge in [0.1, 0.15) is 4.32 Å². The number of carbonyl (C=O) groups is 2. The summed E-state index contributed by atoms with van der Waals surface area (Å²) in [6.07, 6.45) is 1.78. The van der Waals surface area contributed by atoms with Crippen molar-refractivity contribution in [2.75, 3.05) is 11.9 Å². The summed E-state index contributed by atoms with van der Waals surface area (Å²) in [4.78, 5) is 26.8. The zero-order chi connectivity index (χ0) is 18.7. The highest BCUT2D eigenvalue weighted by molar-refractivity contribution is 8.26. The highest BCUT2D eigenvalue weighted by Gasteiger charge is 2.30. The Labute approximate surface area is 166 Å². The summed E-state index contributed by atoms with van der Waals surface area (Å²) in [5, 5.41) is 3.42. The smallest absolute Gasteiger partial charge is 0.266 e. The van der Waals surface area contributed by atoms with Gasteiger partial charge in [0.15, 0.2) is 0 Å². The van der Waals surface area contributed by atoms with Gasteiger partial charge in [-0.15, -0.1) is 0 Å². The van der Waals surface area contributed by atoms with Crippen LogP contribution in [-0.4, -0.2) is 27.6 Å². The number of thiocarbonyl (C=S) groups is 1. The quantitative estimate of drug-likeness (QED) is 0.588. The largest absolute Gasteiger partial charge is 0.322 e. The molecule has 0 atom stereocenters. The Kier molecular flexibility index (Phi) is 5.76. The summed E-state index contributed by atoms with van der Waals surface area (Å²) >= 11 is 12.3. The lowest BCUT2D eigenvalue weighted by Gasteiger charge is -2.09. The third-order valence-corrected chi connectivity index (χ3v) is 5.37. The van der Waals surface area contributed by atoms with E-state index in [1.165, 1.54) is 11.8 Å². The number of rotatable bonds is 4. The Bertz CT molecular complexity index is 910. The van der Waals surface area contributed by atoms with E-state index in [0.717, 1.165) is 5.56 Å². The van der Waals surface area contributed by atoms with E-state index in [-0.39, 0.29) is 11.8 Å². The first-order valence-corrected chi connectivity index (χ1v) is 9.50. The van der Waals surface area contributed by atoms with E-state index < -0.39 is 0 Å². The lowest BCUT2D eigenvalue weighted by molar-refractivity contribution is -0.121. The number of thioether (sulfide) groups is 1. The monoisotopic (exact) mass is 402 g/mol. The van der Waals surface area contributed by atoms with Crippen LogP contribution in [0, 0.1) is 0 Å². The molecule has 2 aromatic carbocycles. The van der Waals surface area contributed by atoms with Gasteiger partial charge in [-0.25, -0.2) is 0 Å². The van der Waals surface area contributed by atoms with Crippen LogP contribution in [0.25, 0.3) is 6.08 Å². The van der Waals surface area contributed by atoms with Gasteiger partial charge < -0.3 is 5.32 Å². The number of carbonyl (C=O) groups excluding carboxylic acids is 2. The van der Waals surface area contributed by atoms with Crippen molar-refractivity contribution in [3.63, 3.8) is 0 Å². The predicted molar refractivity (Wildman–Crippen MR) is 111 cm³/mol. The summed E-state index contributed by atoms with van der Waals surface area (Å²) < 4.78 is 0.566. The molecule has 0 saturated carbocycles. The van der Waals surface area contributed by atoms with Crippen molar-refractivity contribution in [2.45, 2.75) is 6.92 Å². The van der Waals surface area contributed by atoms with Gasteiger partial charge in [-0.2, -0.15) is 0 Å². The van der Waals surface area contributed by atoms with Crippen LogP contribution >= 0.6 is 35.6 Å². The van der Waals surface area contributed by atoms with E-state index >= 15 is 0 Å². The SMILES string of the molecule is CCN1C(=O)/C(=C\c2cccc(NC(=O)c3ccc(Cl)cc3)c2)SC1=S. The summed E-state index contributed by atoms with van der Waals surface area (Å²) in [5.74, 6) is -0.311. The fourth-order valence-corrected chi connectivity index (χ4v) is 3.94. The highest BCUT2D eigenvalue weighted by atomic mass is 35.5. The van der Waals surface area contributed by atoms with Crippen molar-refractivity contribution in [3.05, 3.63) is 69.6 Å². The average molecular weight is 403 g/mol. The van der Waals surface area contributed by atoms with Gasteiger partial charge >= 0.3 is 0 Å². The van der Waals surface area contributed by atoms with Crippen LogP contribution in [-0.2, 0) is 4.79 Å². The lowest BCUT2D eigenvalue weighted by atomic mass is 10.1. The molecule has 7 heteroatoms. The van der Waals surface area contributed by atoms with Gasteiger partial charge in [-0.05, 0) is 55.0 Å². The molecule has 132 valence electrons. The molecule has 1 aliphatic rings. The Morgan fingerprint density at radius 2 is 2.00 bits per heavy atom. The molecule has 1 saturated heterocycles. The number of hydrogen-bond acceptors (Lipinski definition) is 4. The van der Waals surface area contributed by atoms with Crippen molar-refractivity contribution in [2.24, 2.45) is 0 Å². The fourth-order valence-electron chi connectivity index (χ4n) is 2.43. The molecular formula is C19H15ClN2O2S2. The molecule has 26 heavy (non-hydrogen) atoms. The van der Waals surface area contributed by atoms with E-state index in [9.17, 15) is 9.59 Å². The molecule has 1 heterocycles. The fraction of sp³-hybridized carbons (Fsp3) is 0.105. The molecule has 4 nitrogen and oxygen atoms in total.